The minimum atomic E-state index is 0.0566. The van der Waals surface area contributed by atoms with E-state index in [0.717, 1.165) is 23.5 Å². The van der Waals surface area contributed by atoms with Gasteiger partial charge in [0.15, 0.2) is 0 Å². The molecule has 0 saturated heterocycles. The topological polar surface area (TPSA) is 30.2 Å². The molecule has 1 aromatic heterocycles. The first-order valence-electron chi connectivity index (χ1n) is 8.13. The van der Waals surface area contributed by atoms with Crippen LogP contribution in [0.5, 0.6) is 0 Å². The van der Waals surface area contributed by atoms with Crippen LogP contribution in [0.4, 0.5) is 0 Å². The summed E-state index contributed by atoms with van der Waals surface area (Å²) in [5, 5.41) is 0. The summed E-state index contributed by atoms with van der Waals surface area (Å²) in [5.74, 6) is 0. The summed E-state index contributed by atoms with van der Waals surface area (Å²) in [4.78, 5) is 15.1. The van der Waals surface area contributed by atoms with Gasteiger partial charge in [-0.15, -0.1) is 0 Å². The van der Waals surface area contributed by atoms with Crippen molar-refractivity contribution in [3.05, 3.63) is 87.8 Å². The Morgan fingerprint density at radius 1 is 0.917 bits per heavy atom. The fourth-order valence-electron chi connectivity index (χ4n) is 3.03. The van der Waals surface area contributed by atoms with Crippen molar-refractivity contribution in [2.24, 2.45) is 7.05 Å². The van der Waals surface area contributed by atoms with Crippen LogP contribution in [0.1, 0.15) is 16.8 Å². The number of rotatable bonds is 5. The van der Waals surface area contributed by atoms with Crippen LogP contribution in [0.2, 0.25) is 0 Å². The molecule has 4 nitrogen and oxygen atoms in total. The fourth-order valence-corrected chi connectivity index (χ4v) is 3.03. The zero-order valence-corrected chi connectivity index (χ0v) is 14.4. The summed E-state index contributed by atoms with van der Waals surface area (Å²) < 4.78 is 3.67. The molecule has 1 heterocycles. The Labute approximate surface area is 142 Å². The first kappa shape index (κ1) is 16.3. The maximum absolute atomic E-state index is 12.9. The second-order valence-electron chi connectivity index (χ2n) is 6.20. The quantitative estimate of drug-likeness (QED) is 0.723. The third-order valence-electron chi connectivity index (χ3n) is 4.40. The molecule has 0 fully saturated rings. The van der Waals surface area contributed by atoms with Crippen LogP contribution in [0.15, 0.2) is 65.5 Å². The van der Waals surface area contributed by atoms with E-state index in [0.29, 0.717) is 6.54 Å². The molecule has 0 aliphatic carbocycles. The highest BCUT2D eigenvalue weighted by Gasteiger charge is 2.17. The molecule has 124 valence electrons. The van der Waals surface area contributed by atoms with Crippen LogP contribution in [0, 0.1) is 6.92 Å². The van der Waals surface area contributed by atoms with Crippen molar-refractivity contribution >= 4 is 0 Å². The van der Waals surface area contributed by atoms with Gasteiger partial charge in [-0.25, -0.2) is 4.68 Å². The number of nitrogens with zero attached hydrogens (tertiary/aromatic N) is 3. The maximum Gasteiger partial charge on any atom is 0.276 e. The SMILES string of the molecule is Cc1c(CN(C)Cc2ccccc2)c(=O)n(-c2ccccc2)n1C. The number of para-hydroxylation sites is 1. The number of benzene rings is 2. The largest absolute Gasteiger partial charge is 0.298 e. The molecule has 2 aromatic carbocycles. The van der Waals surface area contributed by atoms with Gasteiger partial charge in [0.05, 0.1) is 11.3 Å². The molecule has 24 heavy (non-hydrogen) atoms. The van der Waals surface area contributed by atoms with Gasteiger partial charge in [0.2, 0.25) is 0 Å². The first-order valence-corrected chi connectivity index (χ1v) is 8.13. The molecule has 0 N–H and O–H groups in total. The first-order chi connectivity index (χ1) is 11.6. The molecule has 0 unspecified atom stereocenters. The van der Waals surface area contributed by atoms with E-state index in [4.69, 9.17) is 0 Å². The minimum Gasteiger partial charge on any atom is -0.298 e. The van der Waals surface area contributed by atoms with E-state index in [9.17, 15) is 4.79 Å². The molecule has 3 aromatic rings. The van der Waals surface area contributed by atoms with Gasteiger partial charge in [0.25, 0.3) is 5.56 Å². The van der Waals surface area contributed by atoms with Gasteiger partial charge in [0, 0.05) is 25.8 Å². The van der Waals surface area contributed by atoms with Crippen LogP contribution < -0.4 is 5.56 Å². The summed E-state index contributed by atoms with van der Waals surface area (Å²) in [6, 6.07) is 20.1. The summed E-state index contributed by atoms with van der Waals surface area (Å²) in [6.45, 7) is 3.46. The van der Waals surface area contributed by atoms with Crippen LogP contribution in [0.25, 0.3) is 5.69 Å². The lowest BCUT2D eigenvalue weighted by Gasteiger charge is -2.15. The van der Waals surface area contributed by atoms with E-state index < -0.39 is 0 Å². The molecule has 0 atom stereocenters. The predicted molar refractivity (Wildman–Crippen MR) is 97.4 cm³/mol. The lowest BCUT2D eigenvalue weighted by molar-refractivity contribution is 0.317. The fraction of sp³-hybridized carbons (Fsp3) is 0.250. The number of hydrogen-bond acceptors (Lipinski definition) is 2. The third-order valence-corrected chi connectivity index (χ3v) is 4.40. The molecule has 4 heteroatoms. The Kier molecular flexibility index (Phi) is 4.67. The van der Waals surface area contributed by atoms with E-state index in [1.807, 2.05) is 74.2 Å². The Balaban J connectivity index is 1.88. The molecule has 0 aliphatic rings. The summed E-state index contributed by atoms with van der Waals surface area (Å²) in [7, 11) is 3.98. The molecular formula is C20H23N3O. The second-order valence-corrected chi connectivity index (χ2v) is 6.20. The highest BCUT2D eigenvalue weighted by molar-refractivity contribution is 5.33. The van der Waals surface area contributed by atoms with Gasteiger partial charge in [-0.1, -0.05) is 48.5 Å². The molecule has 0 amide bonds. The van der Waals surface area contributed by atoms with E-state index in [-0.39, 0.29) is 5.56 Å². The lowest BCUT2D eigenvalue weighted by Crippen LogP contribution is -2.25. The Bertz CT molecular complexity index is 863. The zero-order valence-electron chi connectivity index (χ0n) is 14.4. The van der Waals surface area contributed by atoms with Crippen molar-refractivity contribution in [3.63, 3.8) is 0 Å². The van der Waals surface area contributed by atoms with Crippen molar-refractivity contribution < 1.29 is 0 Å². The smallest absolute Gasteiger partial charge is 0.276 e. The standard InChI is InChI=1S/C20H23N3O/c1-16-19(15-21(2)14-17-10-6-4-7-11-17)20(24)23(22(16)3)18-12-8-5-9-13-18/h4-13H,14-15H2,1-3H3. The van der Waals surface area contributed by atoms with Gasteiger partial charge in [-0.2, -0.15) is 0 Å². The molecule has 0 bridgehead atoms. The van der Waals surface area contributed by atoms with Crippen LogP contribution >= 0.6 is 0 Å². The summed E-state index contributed by atoms with van der Waals surface area (Å²) in [5.41, 5.74) is 4.05. The van der Waals surface area contributed by atoms with Crippen LogP contribution in [-0.2, 0) is 20.1 Å². The van der Waals surface area contributed by atoms with Gasteiger partial charge in [-0.3, -0.25) is 14.4 Å². The van der Waals surface area contributed by atoms with Crippen molar-refractivity contribution in [2.75, 3.05) is 7.05 Å². The third kappa shape index (κ3) is 3.19. The highest BCUT2D eigenvalue weighted by atomic mass is 16.1. The average molecular weight is 321 g/mol. The molecular weight excluding hydrogens is 298 g/mol. The van der Waals surface area contributed by atoms with E-state index >= 15 is 0 Å². The van der Waals surface area contributed by atoms with Gasteiger partial charge in [0.1, 0.15) is 0 Å². The lowest BCUT2D eigenvalue weighted by atomic mass is 10.2. The van der Waals surface area contributed by atoms with Gasteiger partial charge < -0.3 is 0 Å². The van der Waals surface area contributed by atoms with Gasteiger partial charge >= 0.3 is 0 Å². The van der Waals surface area contributed by atoms with Crippen molar-refractivity contribution in [1.82, 2.24) is 14.3 Å². The molecule has 0 spiro atoms. The minimum absolute atomic E-state index is 0.0566. The van der Waals surface area contributed by atoms with Crippen molar-refractivity contribution in [2.45, 2.75) is 20.0 Å². The van der Waals surface area contributed by atoms with E-state index in [1.165, 1.54) is 5.56 Å². The zero-order chi connectivity index (χ0) is 17.1. The number of hydrogen-bond donors (Lipinski definition) is 0. The van der Waals surface area contributed by atoms with Gasteiger partial charge in [-0.05, 0) is 31.7 Å². The Hall–Kier alpha value is -2.59. The molecule has 0 saturated carbocycles. The predicted octanol–water partition coefficient (Wildman–Crippen LogP) is 3.12. The maximum atomic E-state index is 12.9. The summed E-state index contributed by atoms with van der Waals surface area (Å²) >= 11 is 0. The van der Waals surface area contributed by atoms with Crippen LogP contribution in [-0.4, -0.2) is 21.3 Å². The molecule has 3 rings (SSSR count). The van der Waals surface area contributed by atoms with E-state index in [1.54, 1.807) is 4.68 Å². The second kappa shape index (κ2) is 6.89. The average Bonchev–Trinajstić information content (AvgIpc) is 2.80. The Morgan fingerprint density at radius 3 is 2.12 bits per heavy atom. The van der Waals surface area contributed by atoms with E-state index in [2.05, 4.69) is 17.0 Å². The normalized spacial score (nSPS) is 11.2. The molecule has 0 radical (unpaired) electrons. The van der Waals surface area contributed by atoms with Crippen molar-refractivity contribution in [1.29, 1.82) is 0 Å². The molecule has 0 aliphatic heterocycles. The highest BCUT2D eigenvalue weighted by Crippen LogP contribution is 2.13. The van der Waals surface area contributed by atoms with Crippen LogP contribution in [0.3, 0.4) is 0 Å². The summed E-state index contributed by atoms with van der Waals surface area (Å²) in [6.07, 6.45) is 0. The number of aromatic nitrogens is 2. The monoisotopic (exact) mass is 321 g/mol. The van der Waals surface area contributed by atoms with Crippen molar-refractivity contribution in [3.8, 4) is 5.69 Å². The Morgan fingerprint density at radius 2 is 1.50 bits per heavy atom.